The van der Waals surface area contributed by atoms with E-state index in [1.165, 1.54) is 25.9 Å². The molecule has 0 aromatic rings. The van der Waals surface area contributed by atoms with Crippen molar-refractivity contribution in [2.45, 2.75) is 16.8 Å². The fourth-order valence-corrected chi connectivity index (χ4v) is 1.82. The molecule has 1 saturated heterocycles. The molecule has 0 amide bonds. The van der Waals surface area contributed by atoms with Gasteiger partial charge in [0.1, 0.15) is 0 Å². The number of β-amino-alcohol motifs (C(OH)–C–C–N with tert-alkyl or cyclic N) is 1. The number of hydrogen-bond donors (Lipinski definition) is 1. The van der Waals surface area contributed by atoms with Crippen LogP contribution in [0.15, 0.2) is 0 Å². The van der Waals surface area contributed by atoms with E-state index in [1.54, 1.807) is 0 Å². The molecule has 60 valence electrons. The van der Waals surface area contributed by atoms with E-state index in [2.05, 4.69) is 27.5 Å². The zero-order chi connectivity index (χ0) is 7.40. The summed E-state index contributed by atoms with van der Waals surface area (Å²) in [5.74, 6) is 0. The van der Waals surface area contributed by atoms with Gasteiger partial charge in [0.2, 0.25) is 0 Å². The van der Waals surface area contributed by atoms with Gasteiger partial charge in [-0.1, -0.05) is 22.6 Å². The van der Waals surface area contributed by atoms with Gasteiger partial charge in [0, 0.05) is 10.5 Å². The molecule has 1 aliphatic rings. The molecule has 10 heavy (non-hydrogen) atoms. The van der Waals surface area contributed by atoms with Crippen molar-refractivity contribution in [2.24, 2.45) is 0 Å². The van der Waals surface area contributed by atoms with Gasteiger partial charge < -0.3 is 10.0 Å². The average Bonchev–Trinajstić information content (AvgIpc) is 1.95. The van der Waals surface area contributed by atoms with E-state index in [4.69, 9.17) is 5.11 Å². The Morgan fingerprint density at radius 3 is 2.50 bits per heavy atom. The molecule has 1 N–H and O–H groups in total. The van der Waals surface area contributed by atoms with Gasteiger partial charge >= 0.3 is 0 Å². The average molecular weight is 255 g/mol. The normalized spacial score (nSPS) is 23.4. The van der Waals surface area contributed by atoms with Crippen molar-refractivity contribution in [2.75, 3.05) is 26.2 Å². The van der Waals surface area contributed by atoms with E-state index >= 15 is 0 Å². The summed E-state index contributed by atoms with van der Waals surface area (Å²) in [6.45, 7) is 3.53. The molecule has 0 bridgehead atoms. The Bertz CT molecular complexity index is 91.6. The van der Waals surface area contributed by atoms with Gasteiger partial charge in [-0.25, -0.2) is 0 Å². The minimum atomic E-state index is 0.311. The predicted octanol–water partition coefficient (Wildman–Crippen LogP) is 0.878. The topological polar surface area (TPSA) is 23.5 Å². The van der Waals surface area contributed by atoms with Crippen LogP contribution in [-0.4, -0.2) is 40.2 Å². The maximum atomic E-state index is 8.64. The molecule has 2 nitrogen and oxygen atoms in total. The molecule has 0 aromatic heterocycles. The zero-order valence-electron chi connectivity index (χ0n) is 6.09. The summed E-state index contributed by atoms with van der Waals surface area (Å²) >= 11 is 2.51. The van der Waals surface area contributed by atoms with Crippen molar-refractivity contribution in [3.63, 3.8) is 0 Å². The third-order valence-corrected chi connectivity index (χ3v) is 3.18. The van der Waals surface area contributed by atoms with E-state index in [0.717, 1.165) is 10.5 Å². The maximum Gasteiger partial charge on any atom is 0.0558 e. The third kappa shape index (κ3) is 2.72. The van der Waals surface area contributed by atoms with Crippen molar-refractivity contribution >= 4 is 22.6 Å². The van der Waals surface area contributed by atoms with E-state index in [9.17, 15) is 0 Å². The van der Waals surface area contributed by atoms with Crippen LogP contribution >= 0.6 is 22.6 Å². The molecule has 0 aliphatic carbocycles. The standard InChI is InChI=1S/C7H14INO/c8-7-1-3-9(4-2-7)5-6-10/h7,10H,1-6H2. The number of hydrogen-bond acceptors (Lipinski definition) is 2. The van der Waals surface area contributed by atoms with Crippen LogP contribution in [0.4, 0.5) is 0 Å². The Morgan fingerprint density at radius 2 is 2.00 bits per heavy atom. The number of piperidine rings is 1. The van der Waals surface area contributed by atoms with Gasteiger partial charge in [0.15, 0.2) is 0 Å². The zero-order valence-corrected chi connectivity index (χ0v) is 8.25. The van der Waals surface area contributed by atoms with Crippen LogP contribution in [-0.2, 0) is 0 Å². The lowest BCUT2D eigenvalue weighted by molar-refractivity contribution is 0.177. The molecule has 0 aromatic carbocycles. The van der Waals surface area contributed by atoms with E-state index < -0.39 is 0 Å². The van der Waals surface area contributed by atoms with Crippen LogP contribution in [0.2, 0.25) is 0 Å². The summed E-state index contributed by atoms with van der Waals surface area (Å²) in [6.07, 6.45) is 2.58. The first-order valence-electron chi connectivity index (χ1n) is 3.80. The second-order valence-corrected chi connectivity index (χ2v) is 4.50. The molecular weight excluding hydrogens is 241 g/mol. The number of rotatable bonds is 2. The number of halogens is 1. The monoisotopic (exact) mass is 255 g/mol. The largest absolute Gasteiger partial charge is 0.395 e. The molecule has 1 heterocycles. The Labute approximate surface area is 75.7 Å². The fraction of sp³-hybridized carbons (Fsp3) is 1.00. The van der Waals surface area contributed by atoms with Crippen molar-refractivity contribution in [3.05, 3.63) is 0 Å². The Kier molecular flexibility index (Phi) is 3.95. The minimum Gasteiger partial charge on any atom is -0.395 e. The van der Waals surface area contributed by atoms with Crippen molar-refractivity contribution in [1.82, 2.24) is 4.90 Å². The Hall–Kier alpha value is 0.650. The van der Waals surface area contributed by atoms with Crippen LogP contribution in [0.1, 0.15) is 12.8 Å². The third-order valence-electron chi connectivity index (χ3n) is 1.93. The summed E-state index contributed by atoms with van der Waals surface area (Å²) in [6, 6.07) is 0. The van der Waals surface area contributed by atoms with Crippen LogP contribution in [0, 0.1) is 0 Å². The van der Waals surface area contributed by atoms with Gasteiger partial charge in [0.25, 0.3) is 0 Å². The van der Waals surface area contributed by atoms with Gasteiger partial charge in [-0.15, -0.1) is 0 Å². The SMILES string of the molecule is OCCN1CCC(I)CC1. The fourth-order valence-electron chi connectivity index (χ4n) is 1.27. The Balaban J connectivity index is 2.13. The van der Waals surface area contributed by atoms with Crippen molar-refractivity contribution in [1.29, 1.82) is 0 Å². The number of alkyl halides is 1. The first-order valence-corrected chi connectivity index (χ1v) is 5.05. The van der Waals surface area contributed by atoms with Gasteiger partial charge in [-0.05, 0) is 25.9 Å². The number of nitrogens with zero attached hydrogens (tertiary/aromatic N) is 1. The molecule has 0 unspecified atom stereocenters. The molecule has 0 spiro atoms. The molecule has 1 aliphatic heterocycles. The number of likely N-dealkylation sites (tertiary alicyclic amines) is 1. The van der Waals surface area contributed by atoms with Gasteiger partial charge in [-0.3, -0.25) is 0 Å². The second-order valence-electron chi connectivity index (χ2n) is 2.74. The summed E-state index contributed by atoms with van der Waals surface area (Å²) in [4.78, 5) is 2.33. The van der Waals surface area contributed by atoms with E-state index in [1.807, 2.05) is 0 Å². The summed E-state index contributed by atoms with van der Waals surface area (Å²) < 4.78 is 0.868. The molecule has 0 radical (unpaired) electrons. The van der Waals surface area contributed by atoms with Gasteiger partial charge in [0.05, 0.1) is 6.61 Å². The van der Waals surface area contributed by atoms with Crippen molar-refractivity contribution in [3.8, 4) is 0 Å². The first kappa shape index (κ1) is 8.74. The molecule has 1 fully saturated rings. The van der Waals surface area contributed by atoms with Crippen LogP contribution in [0.5, 0.6) is 0 Å². The highest BCUT2D eigenvalue weighted by Gasteiger charge is 2.15. The molecule has 0 saturated carbocycles. The van der Waals surface area contributed by atoms with Crippen LogP contribution < -0.4 is 0 Å². The van der Waals surface area contributed by atoms with Crippen LogP contribution in [0.3, 0.4) is 0 Å². The molecule has 1 rings (SSSR count). The molecule has 3 heteroatoms. The minimum absolute atomic E-state index is 0.311. The quantitative estimate of drug-likeness (QED) is 0.585. The molecule has 0 atom stereocenters. The summed E-state index contributed by atoms with van der Waals surface area (Å²) in [5.41, 5.74) is 0. The smallest absolute Gasteiger partial charge is 0.0558 e. The van der Waals surface area contributed by atoms with E-state index in [0.29, 0.717) is 6.61 Å². The highest BCUT2D eigenvalue weighted by Crippen LogP contribution is 2.17. The van der Waals surface area contributed by atoms with Crippen LogP contribution in [0.25, 0.3) is 0 Å². The predicted molar refractivity (Wildman–Crippen MR) is 50.6 cm³/mol. The summed E-state index contributed by atoms with van der Waals surface area (Å²) in [7, 11) is 0. The molecular formula is C7H14INO. The lowest BCUT2D eigenvalue weighted by Crippen LogP contribution is -2.35. The summed E-state index contributed by atoms with van der Waals surface area (Å²) in [5, 5.41) is 8.64. The highest BCUT2D eigenvalue weighted by molar-refractivity contribution is 14.1. The van der Waals surface area contributed by atoms with E-state index in [-0.39, 0.29) is 0 Å². The number of aliphatic hydroxyl groups is 1. The highest BCUT2D eigenvalue weighted by atomic mass is 127. The lowest BCUT2D eigenvalue weighted by Gasteiger charge is -2.28. The van der Waals surface area contributed by atoms with Crippen molar-refractivity contribution < 1.29 is 5.11 Å². The number of aliphatic hydroxyl groups excluding tert-OH is 1. The van der Waals surface area contributed by atoms with Gasteiger partial charge in [-0.2, -0.15) is 0 Å². The second kappa shape index (κ2) is 4.51. The Morgan fingerprint density at radius 1 is 1.40 bits per heavy atom. The lowest BCUT2D eigenvalue weighted by atomic mass is 10.1. The maximum absolute atomic E-state index is 8.64. The first-order chi connectivity index (χ1) is 4.83.